The number of aliphatic hydroxyl groups excluding tert-OH is 11. The van der Waals surface area contributed by atoms with Gasteiger partial charge in [-0.15, -0.1) is 0 Å². The van der Waals surface area contributed by atoms with Gasteiger partial charge >= 0.3 is 5.97 Å². The van der Waals surface area contributed by atoms with Gasteiger partial charge in [0.1, 0.15) is 97.6 Å². The quantitative estimate of drug-likeness (QED) is 0.0680. The number of hydrogen-bond donors (Lipinski definition) is 12. The second-order valence-corrected chi connectivity index (χ2v) is 16.1. The molecule has 1 amide bonds. The maximum absolute atomic E-state index is 12.3. The summed E-state index contributed by atoms with van der Waals surface area (Å²) >= 11 is 0. The smallest absolute Gasteiger partial charge is 0.303 e. The number of hydrogen-bond acceptors (Lipinski definition) is 24. The van der Waals surface area contributed by atoms with Crippen LogP contribution in [0.5, 0.6) is 0 Å². The molecule has 10 unspecified atom stereocenters. The summed E-state index contributed by atoms with van der Waals surface area (Å²) in [4.78, 5) is 24.6. The number of carbonyl (C=O) groups excluding carboxylic acids is 2. The van der Waals surface area contributed by atoms with Crippen LogP contribution in [0.1, 0.15) is 48.0 Å². The summed E-state index contributed by atoms with van der Waals surface area (Å²) in [5.74, 6) is -1.53. The Hall–Kier alpha value is -1.90. The fourth-order valence-electron chi connectivity index (χ4n) is 7.86. The molecule has 5 heterocycles. The normalized spacial score (nSPS) is 49.0. The maximum atomic E-state index is 12.3. The summed E-state index contributed by atoms with van der Waals surface area (Å²) in [6.07, 6.45) is -39.3. The third-order valence-electron chi connectivity index (χ3n) is 11.4. The van der Waals surface area contributed by atoms with E-state index in [-0.39, 0.29) is 6.61 Å². The molecular formula is C37H63NO24. The van der Waals surface area contributed by atoms with E-state index in [4.69, 9.17) is 52.1 Å². The molecule has 5 saturated heterocycles. The Balaban J connectivity index is 1.55. The molecule has 5 fully saturated rings. The summed E-state index contributed by atoms with van der Waals surface area (Å²) in [5.41, 5.74) is 0. The third kappa shape index (κ3) is 11.2. The van der Waals surface area contributed by atoms with E-state index >= 15 is 0 Å². The molecule has 25 atom stereocenters. The molecule has 360 valence electrons. The fraction of sp³-hybridized carbons (Fsp3) is 0.946. The van der Waals surface area contributed by atoms with Gasteiger partial charge in [0, 0.05) is 20.5 Å². The Morgan fingerprint density at radius 3 is 1.52 bits per heavy atom. The van der Waals surface area contributed by atoms with E-state index in [1.165, 1.54) is 20.8 Å². The number of amides is 1. The molecule has 0 aliphatic carbocycles. The molecule has 0 saturated carbocycles. The van der Waals surface area contributed by atoms with Gasteiger partial charge < -0.3 is 114 Å². The minimum atomic E-state index is -2.02. The van der Waals surface area contributed by atoms with Crippen molar-refractivity contribution in [2.75, 3.05) is 19.8 Å². The van der Waals surface area contributed by atoms with E-state index < -0.39 is 179 Å². The van der Waals surface area contributed by atoms with Gasteiger partial charge in [0.2, 0.25) is 5.91 Å². The second-order valence-electron chi connectivity index (χ2n) is 16.1. The van der Waals surface area contributed by atoms with Gasteiger partial charge in [-0.05, 0) is 27.2 Å². The molecule has 25 heteroatoms. The van der Waals surface area contributed by atoms with Gasteiger partial charge in [0.05, 0.1) is 31.5 Å². The van der Waals surface area contributed by atoms with Crippen molar-refractivity contribution in [2.24, 2.45) is 0 Å². The lowest BCUT2D eigenvalue weighted by Gasteiger charge is -2.51. The highest BCUT2D eigenvalue weighted by Gasteiger charge is 2.57. The van der Waals surface area contributed by atoms with Crippen LogP contribution in [0.15, 0.2) is 0 Å². The van der Waals surface area contributed by atoms with Crippen molar-refractivity contribution in [1.82, 2.24) is 5.32 Å². The fourth-order valence-corrected chi connectivity index (χ4v) is 7.86. The summed E-state index contributed by atoms with van der Waals surface area (Å²) in [6.45, 7) is 6.69. The molecule has 62 heavy (non-hydrogen) atoms. The Labute approximate surface area is 356 Å². The Morgan fingerprint density at radius 1 is 0.500 bits per heavy atom. The molecular weight excluding hydrogens is 842 g/mol. The van der Waals surface area contributed by atoms with E-state index in [9.17, 15) is 65.8 Å². The number of aliphatic hydroxyl groups is 11. The third-order valence-corrected chi connectivity index (χ3v) is 11.4. The van der Waals surface area contributed by atoms with Gasteiger partial charge in [-0.2, -0.15) is 0 Å². The lowest BCUT2D eigenvalue weighted by Crippen LogP contribution is -2.69. The minimum Gasteiger partial charge on any atom is -0.454 e. The highest BCUT2D eigenvalue weighted by atomic mass is 16.8. The van der Waals surface area contributed by atoms with E-state index in [0.29, 0.717) is 6.42 Å². The van der Waals surface area contributed by atoms with Crippen LogP contribution in [0.3, 0.4) is 0 Å². The van der Waals surface area contributed by atoms with Crippen molar-refractivity contribution in [1.29, 1.82) is 0 Å². The lowest BCUT2D eigenvalue weighted by molar-refractivity contribution is -0.408. The topological polar surface area (TPSA) is 370 Å². The van der Waals surface area contributed by atoms with E-state index in [2.05, 4.69) is 5.32 Å². The number of rotatable bonds is 15. The van der Waals surface area contributed by atoms with Gasteiger partial charge in [-0.1, -0.05) is 6.92 Å². The van der Waals surface area contributed by atoms with Crippen molar-refractivity contribution >= 4 is 11.9 Å². The van der Waals surface area contributed by atoms with Crippen LogP contribution in [0.25, 0.3) is 0 Å². The molecule has 25 nitrogen and oxygen atoms in total. The average molecular weight is 906 g/mol. The van der Waals surface area contributed by atoms with Crippen molar-refractivity contribution < 1.29 is 118 Å². The molecule has 0 spiro atoms. The van der Waals surface area contributed by atoms with Crippen molar-refractivity contribution in [3.05, 3.63) is 0 Å². The van der Waals surface area contributed by atoms with Crippen LogP contribution >= 0.6 is 0 Å². The predicted molar refractivity (Wildman–Crippen MR) is 197 cm³/mol. The van der Waals surface area contributed by atoms with Gasteiger partial charge in [0.15, 0.2) is 37.6 Å². The zero-order chi connectivity index (χ0) is 45.9. The Morgan fingerprint density at radius 2 is 0.968 bits per heavy atom. The van der Waals surface area contributed by atoms with Gasteiger partial charge in [0.25, 0.3) is 0 Å². The van der Waals surface area contributed by atoms with Crippen molar-refractivity contribution in [2.45, 2.75) is 201 Å². The van der Waals surface area contributed by atoms with E-state index in [1.807, 2.05) is 6.92 Å². The molecule has 0 radical (unpaired) electrons. The maximum Gasteiger partial charge on any atom is 0.303 e. The average Bonchev–Trinajstić information content (AvgIpc) is 3.22. The van der Waals surface area contributed by atoms with Crippen LogP contribution in [-0.2, 0) is 61.7 Å². The first kappa shape index (κ1) is 51.1. The first-order valence-electron chi connectivity index (χ1n) is 20.5. The summed E-state index contributed by atoms with van der Waals surface area (Å²) in [5, 5.41) is 121. The van der Waals surface area contributed by atoms with Crippen LogP contribution in [0, 0.1) is 0 Å². The SMILES string of the molecule is CCCO[C@@H]1OC(C)[C@H](O)[C@@H](O[C@@H]2OC(C)[C@H](O)[C@@H](O)C2O[C@@H]2OC(C)[C@H](O)[C@@H](O[C@H]3O[C@H](CO)[C@@H](O)C(O)C3O)C2O[C@@H]2OC(CO)[C@H](O)[C@H](O)C2NC(C)=O)C1OC(C)=O. The van der Waals surface area contributed by atoms with Crippen LogP contribution in [0.2, 0.25) is 0 Å². The first-order chi connectivity index (χ1) is 29.2. The van der Waals surface area contributed by atoms with Crippen LogP contribution in [-0.4, -0.2) is 241 Å². The second kappa shape index (κ2) is 22.1. The highest BCUT2D eigenvalue weighted by Crippen LogP contribution is 2.37. The van der Waals surface area contributed by atoms with Crippen molar-refractivity contribution in [3.63, 3.8) is 0 Å². The lowest BCUT2D eigenvalue weighted by atomic mass is 9.95. The van der Waals surface area contributed by atoms with Gasteiger partial charge in [-0.25, -0.2) is 0 Å². The zero-order valence-electron chi connectivity index (χ0n) is 35.0. The largest absolute Gasteiger partial charge is 0.454 e. The molecule has 0 aromatic rings. The molecule has 5 aliphatic heterocycles. The molecule has 5 aliphatic rings. The number of ether oxygens (including phenoxy) is 11. The van der Waals surface area contributed by atoms with Crippen molar-refractivity contribution in [3.8, 4) is 0 Å². The summed E-state index contributed by atoms with van der Waals surface area (Å²) in [6, 6.07) is -1.60. The Kier molecular flexibility index (Phi) is 18.2. The van der Waals surface area contributed by atoms with E-state index in [1.54, 1.807) is 0 Å². The zero-order valence-corrected chi connectivity index (χ0v) is 35.0. The van der Waals surface area contributed by atoms with E-state index in [0.717, 1.165) is 13.8 Å². The number of nitrogens with one attached hydrogen (secondary N) is 1. The molecule has 0 bridgehead atoms. The Bertz CT molecular complexity index is 1430. The number of esters is 1. The van der Waals surface area contributed by atoms with Crippen LogP contribution in [0.4, 0.5) is 0 Å². The monoisotopic (exact) mass is 905 g/mol. The molecule has 0 aromatic carbocycles. The standard InChI is InChI=1S/C37H63NO24/c1-7-8-52-35-31(56-15(6)42)28(20(44)12(3)53-35)60-36-30(26(50)19(43)11(2)54-36)61-37-32(62-33-18(38-14(5)41)24(48)22(46)16(9-39)57-33)29(21(45)13(4)55-37)59-34-27(51)25(49)23(47)17(10-40)58-34/h11-13,16-37,39-40,43-51H,7-10H2,1-6H3,(H,38,41)/t11?,12?,13?,16?,17-,18?,19+,20+,21+,22+,23-,24-,25?,26-,27?,28-,29-,30?,31?,32?,33+,34-,35-,36+,37+/m1/s1. The van der Waals surface area contributed by atoms with Gasteiger partial charge in [-0.3, -0.25) is 9.59 Å². The van der Waals surface area contributed by atoms with Crippen LogP contribution < -0.4 is 5.32 Å². The molecule has 5 rings (SSSR count). The molecule has 0 aromatic heterocycles. The minimum absolute atomic E-state index is 0.158. The molecule has 12 N–H and O–H groups in total. The number of carbonyl (C=O) groups is 2. The summed E-state index contributed by atoms with van der Waals surface area (Å²) < 4.78 is 65.3. The first-order valence-corrected chi connectivity index (χ1v) is 20.5. The highest BCUT2D eigenvalue weighted by molar-refractivity contribution is 5.73. The summed E-state index contributed by atoms with van der Waals surface area (Å²) in [7, 11) is 0. The predicted octanol–water partition coefficient (Wildman–Crippen LogP) is -6.69.